The molecule has 1 aliphatic carbocycles. The molecule has 0 atom stereocenters. The Kier molecular flexibility index (Phi) is 1.78. The van der Waals surface area contributed by atoms with E-state index in [4.69, 9.17) is 0 Å². The fourth-order valence-corrected chi connectivity index (χ4v) is 2.34. The Bertz CT molecular complexity index is 260. The van der Waals surface area contributed by atoms with Gasteiger partial charge >= 0.3 is 0 Å². The minimum absolute atomic E-state index is 0.772. The summed E-state index contributed by atoms with van der Waals surface area (Å²) < 4.78 is 0. The quantitative estimate of drug-likeness (QED) is 0.617. The smallest absolute Gasteiger partial charge is 0.160 e. The molecule has 1 nitrogen and oxygen atoms in total. The van der Waals surface area contributed by atoms with Gasteiger partial charge in [-0.05, 0) is 30.9 Å². The van der Waals surface area contributed by atoms with E-state index in [0.29, 0.717) is 0 Å². The Labute approximate surface area is 70.1 Å². The van der Waals surface area contributed by atoms with Crippen molar-refractivity contribution in [2.45, 2.75) is 25.2 Å². The van der Waals surface area contributed by atoms with Crippen molar-refractivity contribution in [2.75, 3.05) is 0 Å². The van der Waals surface area contributed by atoms with Gasteiger partial charge < -0.3 is 0 Å². The molecule has 1 fully saturated rings. The van der Waals surface area contributed by atoms with Crippen LogP contribution in [0.25, 0.3) is 0 Å². The number of carbonyl (C=O) groups excluding carboxylic acids is 1. The summed E-state index contributed by atoms with van der Waals surface area (Å²) in [6.45, 7) is 0. The van der Waals surface area contributed by atoms with Crippen molar-refractivity contribution in [3.05, 3.63) is 21.9 Å². The van der Waals surface area contributed by atoms with Crippen molar-refractivity contribution in [3.8, 4) is 0 Å². The van der Waals surface area contributed by atoms with Crippen LogP contribution in [0.15, 0.2) is 12.1 Å². The maximum absolute atomic E-state index is 10.4. The monoisotopic (exact) mass is 166 g/mol. The third-order valence-electron chi connectivity index (χ3n) is 2.27. The predicted molar refractivity (Wildman–Crippen MR) is 46.3 cm³/mol. The van der Waals surface area contributed by atoms with Gasteiger partial charge in [-0.3, -0.25) is 4.79 Å². The van der Waals surface area contributed by atoms with Gasteiger partial charge in [-0.15, -0.1) is 11.3 Å². The topological polar surface area (TPSA) is 17.1 Å². The van der Waals surface area contributed by atoms with E-state index in [-0.39, 0.29) is 0 Å². The van der Waals surface area contributed by atoms with Crippen LogP contribution in [0.1, 0.15) is 39.7 Å². The first-order chi connectivity index (χ1) is 5.40. The molecule has 0 spiro atoms. The number of rotatable bonds is 2. The van der Waals surface area contributed by atoms with Crippen LogP contribution >= 0.6 is 11.3 Å². The fourth-order valence-electron chi connectivity index (χ4n) is 1.34. The molecule has 1 aromatic heterocycles. The van der Waals surface area contributed by atoms with Gasteiger partial charge in [-0.2, -0.15) is 0 Å². The van der Waals surface area contributed by atoms with E-state index in [9.17, 15) is 4.79 Å². The maximum atomic E-state index is 10.4. The van der Waals surface area contributed by atoms with Crippen LogP contribution in [-0.2, 0) is 0 Å². The lowest BCUT2D eigenvalue weighted by Gasteiger charge is -2.23. The van der Waals surface area contributed by atoms with Crippen LogP contribution < -0.4 is 0 Å². The van der Waals surface area contributed by atoms with Gasteiger partial charge in [0, 0.05) is 4.88 Å². The Hall–Kier alpha value is -0.630. The zero-order valence-corrected chi connectivity index (χ0v) is 7.06. The SMILES string of the molecule is O=Cc1ccc(C2CCC2)s1. The highest BCUT2D eigenvalue weighted by molar-refractivity contribution is 7.13. The zero-order chi connectivity index (χ0) is 7.68. The van der Waals surface area contributed by atoms with Gasteiger partial charge in [-0.25, -0.2) is 0 Å². The summed E-state index contributed by atoms with van der Waals surface area (Å²) in [6, 6.07) is 4.02. The fraction of sp³-hybridized carbons (Fsp3) is 0.444. The average molecular weight is 166 g/mol. The summed E-state index contributed by atoms with van der Waals surface area (Å²) in [5.74, 6) is 0.772. The maximum Gasteiger partial charge on any atom is 0.160 e. The van der Waals surface area contributed by atoms with E-state index in [1.54, 1.807) is 11.3 Å². The first-order valence-electron chi connectivity index (χ1n) is 3.95. The molecule has 1 aliphatic rings. The van der Waals surface area contributed by atoms with Crippen LogP contribution in [0, 0.1) is 0 Å². The van der Waals surface area contributed by atoms with E-state index in [0.717, 1.165) is 17.1 Å². The van der Waals surface area contributed by atoms with Crippen LogP contribution in [0.2, 0.25) is 0 Å². The van der Waals surface area contributed by atoms with Crippen molar-refractivity contribution < 1.29 is 4.79 Å². The lowest BCUT2D eigenvalue weighted by molar-refractivity contribution is 0.112. The molecular weight excluding hydrogens is 156 g/mol. The van der Waals surface area contributed by atoms with Gasteiger partial charge in [-0.1, -0.05) is 6.42 Å². The van der Waals surface area contributed by atoms with Crippen molar-refractivity contribution in [2.24, 2.45) is 0 Å². The molecule has 1 saturated carbocycles. The minimum atomic E-state index is 0.772. The third kappa shape index (κ3) is 1.23. The van der Waals surface area contributed by atoms with E-state index >= 15 is 0 Å². The highest BCUT2D eigenvalue weighted by atomic mass is 32.1. The molecule has 0 radical (unpaired) electrons. The second-order valence-electron chi connectivity index (χ2n) is 2.99. The van der Waals surface area contributed by atoms with Crippen molar-refractivity contribution in [3.63, 3.8) is 0 Å². The predicted octanol–water partition coefficient (Wildman–Crippen LogP) is 2.83. The molecule has 1 aromatic rings. The second-order valence-corrected chi connectivity index (χ2v) is 4.13. The minimum Gasteiger partial charge on any atom is -0.297 e. The van der Waals surface area contributed by atoms with Crippen LogP contribution in [0.4, 0.5) is 0 Å². The molecule has 1 heterocycles. The third-order valence-corrected chi connectivity index (χ3v) is 3.44. The molecule has 0 aromatic carbocycles. The standard InChI is InChI=1S/C9H10OS/c10-6-8-4-5-9(11-8)7-2-1-3-7/h4-7H,1-3H2. The van der Waals surface area contributed by atoms with E-state index in [1.165, 1.54) is 24.1 Å². The molecule has 58 valence electrons. The summed E-state index contributed by atoms with van der Waals surface area (Å²) >= 11 is 1.65. The lowest BCUT2D eigenvalue weighted by atomic mass is 9.84. The van der Waals surface area contributed by atoms with Gasteiger partial charge in [0.2, 0.25) is 0 Å². The highest BCUT2D eigenvalue weighted by Gasteiger charge is 2.20. The molecule has 0 saturated heterocycles. The van der Waals surface area contributed by atoms with Gasteiger partial charge in [0.25, 0.3) is 0 Å². The lowest BCUT2D eigenvalue weighted by Crippen LogP contribution is -2.06. The van der Waals surface area contributed by atoms with Crippen molar-refractivity contribution >= 4 is 17.6 Å². The molecule has 2 heteroatoms. The molecular formula is C9H10OS. The summed E-state index contributed by atoms with van der Waals surface area (Å²) in [4.78, 5) is 12.6. The normalized spacial score (nSPS) is 17.8. The number of hydrogen-bond donors (Lipinski definition) is 0. The first kappa shape index (κ1) is 7.04. The summed E-state index contributed by atoms with van der Waals surface area (Å²) in [5.41, 5.74) is 0. The molecule has 0 bridgehead atoms. The van der Waals surface area contributed by atoms with Gasteiger partial charge in [0.05, 0.1) is 4.88 Å². The second kappa shape index (κ2) is 2.78. The Balaban J connectivity index is 2.17. The van der Waals surface area contributed by atoms with Crippen LogP contribution in [-0.4, -0.2) is 6.29 Å². The van der Waals surface area contributed by atoms with Crippen molar-refractivity contribution in [1.82, 2.24) is 0 Å². The molecule has 0 N–H and O–H groups in total. The summed E-state index contributed by atoms with van der Waals surface area (Å²) in [7, 11) is 0. The van der Waals surface area contributed by atoms with E-state index in [2.05, 4.69) is 6.07 Å². The van der Waals surface area contributed by atoms with Gasteiger partial charge in [0.1, 0.15) is 0 Å². The number of hydrogen-bond acceptors (Lipinski definition) is 2. The zero-order valence-electron chi connectivity index (χ0n) is 6.25. The first-order valence-corrected chi connectivity index (χ1v) is 4.76. The number of carbonyl (C=O) groups is 1. The highest BCUT2D eigenvalue weighted by Crippen LogP contribution is 2.39. The largest absolute Gasteiger partial charge is 0.297 e. The number of thiophene rings is 1. The Morgan fingerprint density at radius 1 is 1.45 bits per heavy atom. The van der Waals surface area contributed by atoms with Gasteiger partial charge in [0.15, 0.2) is 6.29 Å². The van der Waals surface area contributed by atoms with Crippen LogP contribution in [0.5, 0.6) is 0 Å². The molecule has 0 unspecified atom stereocenters. The Morgan fingerprint density at radius 3 is 2.73 bits per heavy atom. The molecule has 11 heavy (non-hydrogen) atoms. The van der Waals surface area contributed by atoms with E-state index < -0.39 is 0 Å². The summed E-state index contributed by atoms with van der Waals surface area (Å²) in [5, 5.41) is 0. The van der Waals surface area contributed by atoms with E-state index in [1.807, 2.05) is 6.07 Å². The molecule has 2 rings (SSSR count). The van der Waals surface area contributed by atoms with Crippen molar-refractivity contribution in [1.29, 1.82) is 0 Å². The molecule has 0 aliphatic heterocycles. The van der Waals surface area contributed by atoms with Crippen LogP contribution in [0.3, 0.4) is 0 Å². The Morgan fingerprint density at radius 2 is 2.27 bits per heavy atom. The average Bonchev–Trinajstić information content (AvgIpc) is 2.32. The summed E-state index contributed by atoms with van der Waals surface area (Å²) in [6.07, 6.45) is 4.93. The molecule has 0 amide bonds. The number of aldehydes is 1.